The molecule has 2 N–H and O–H groups in total. The van der Waals surface area contributed by atoms with Gasteiger partial charge in [-0.3, -0.25) is 14.3 Å². The lowest BCUT2D eigenvalue weighted by Gasteiger charge is -2.24. The van der Waals surface area contributed by atoms with E-state index < -0.39 is 15.9 Å². The number of methoxy groups -OCH3 is 2. The van der Waals surface area contributed by atoms with Crippen molar-refractivity contribution in [2.75, 3.05) is 25.1 Å². The highest BCUT2D eigenvalue weighted by molar-refractivity contribution is 7.94. The lowest BCUT2D eigenvalue weighted by atomic mass is 10.0. The molecule has 0 saturated carbocycles. The number of thiophene rings is 1. The number of amides is 1. The van der Waals surface area contributed by atoms with Crippen molar-refractivity contribution in [3.63, 3.8) is 0 Å². The largest absolute Gasteiger partial charge is 0.497 e. The number of benzene rings is 2. The van der Waals surface area contributed by atoms with E-state index in [-0.39, 0.29) is 6.42 Å². The molecule has 0 spiro atoms. The van der Waals surface area contributed by atoms with E-state index in [4.69, 9.17) is 14.7 Å². The number of hydroxylamine groups is 1. The van der Waals surface area contributed by atoms with Crippen LogP contribution in [0.25, 0.3) is 11.1 Å². The number of anilines is 1. The predicted octanol–water partition coefficient (Wildman–Crippen LogP) is 5.08. The fraction of sp³-hybridized carbons (Fsp3) is 0.320. The molecule has 35 heavy (non-hydrogen) atoms. The van der Waals surface area contributed by atoms with Crippen molar-refractivity contribution in [1.82, 2.24) is 5.48 Å². The van der Waals surface area contributed by atoms with Crippen LogP contribution in [0.1, 0.15) is 32.1 Å². The summed E-state index contributed by atoms with van der Waals surface area (Å²) in [7, 11) is -0.518. The molecule has 8 nitrogen and oxygen atoms in total. The second kappa shape index (κ2) is 12.6. The topological polar surface area (TPSA) is 105 Å². The van der Waals surface area contributed by atoms with Crippen LogP contribution in [0.4, 0.5) is 5.69 Å². The van der Waals surface area contributed by atoms with Gasteiger partial charge in [0.2, 0.25) is 5.91 Å². The van der Waals surface area contributed by atoms with E-state index in [9.17, 15) is 13.2 Å². The van der Waals surface area contributed by atoms with Gasteiger partial charge in [0.05, 0.1) is 19.9 Å². The van der Waals surface area contributed by atoms with Gasteiger partial charge in [0.1, 0.15) is 15.7 Å². The number of ether oxygens (including phenoxy) is 2. The van der Waals surface area contributed by atoms with Gasteiger partial charge < -0.3 is 9.47 Å². The fourth-order valence-electron chi connectivity index (χ4n) is 3.65. The molecular formula is C25H30N2O6S2. The number of carbonyl (C=O) groups excluding carboxylic acids is 1. The van der Waals surface area contributed by atoms with Crippen LogP contribution in [0.15, 0.2) is 64.2 Å². The number of hydrogen-bond acceptors (Lipinski definition) is 7. The SMILES string of the molecule is COc1cc(OC)cc(-c2ccc(N(CCCCCCC(=O)NO)S(=O)(=O)c3cccs3)cc2)c1. The minimum Gasteiger partial charge on any atom is -0.497 e. The van der Waals surface area contributed by atoms with Crippen LogP contribution in [0.5, 0.6) is 11.5 Å². The number of sulfonamides is 1. The highest BCUT2D eigenvalue weighted by Crippen LogP contribution is 2.32. The molecule has 0 unspecified atom stereocenters. The van der Waals surface area contributed by atoms with Gasteiger partial charge >= 0.3 is 0 Å². The second-order valence-electron chi connectivity index (χ2n) is 7.86. The molecule has 188 valence electrons. The Morgan fingerprint density at radius 3 is 2.17 bits per heavy atom. The number of carbonyl (C=O) groups is 1. The number of nitrogens with zero attached hydrogens (tertiary/aromatic N) is 1. The minimum absolute atomic E-state index is 0.240. The molecule has 0 fully saturated rings. The van der Waals surface area contributed by atoms with Gasteiger partial charge in [-0.25, -0.2) is 13.9 Å². The summed E-state index contributed by atoms with van der Waals surface area (Å²) in [5, 5.41) is 10.3. The Hall–Kier alpha value is -3.08. The first-order valence-electron chi connectivity index (χ1n) is 11.2. The van der Waals surface area contributed by atoms with Gasteiger partial charge in [0.25, 0.3) is 10.0 Å². The normalized spacial score (nSPS) is 11.2. The zero-order chi connectivity index (χ0) is 25.3. The molecular weight excluding hydrogens is 488 g/mol. The Kier molecular flexibility index (Phi) is 9.53. The van der Waals surface area contributed by atoms with Crippen LogP contribution in [0.2, 0.25) is 0 Å². The second-order valence-corrected chi connectivity index (χ2v) is 10.9. The van der Waals surface area contributed by atoms with Crippen molar-refractivity contribution in [2.24, 2.45) is 0 Å². The molecule has 0 radical (unpaired) electrons. The molecule has 0 saturated heterocycles. The third-order valence-electron chi connectivity index (χ3n) is 5.52. The van der Waals surface area contributed by atoms with Crippen molar-refractivity contribution < 1.29 is 27.9 Å². The van der Waals surface area contributed by atoms with E-state index >= 15 is 0 Å². The highest BCUT2D eigenvalue weighted by Gasteiger charge is 2.25. The van der Waals surface area contributed by atoms with E-state index in [1.807, 2.05) is 24.3 Å². The smallest absolute Gasteiger partial charge is 0.273 e. The molecule has 0 aliphatic rings. The quantitative estimate of drug-likeness (QED) is 0.186. The predicted molar refractivity (Wildman–Crippen MR) is 137 cm³/mol. The molecule has 1 heterocycles. The van der Waals surface area contributed by atoms with Crippen molar-refractivity contribution >= 4 is 33.0 Å². The Bertz CT molecular complexity index is 1170. The molecule has 0 aliphatic carbocycles. The molecule has 2 aromatic carbocycles. The fourth-order valence-corrected chi connectivity index (χ4v) is 6.26. The molecule has 0 bridgehead atoms. The number of rotatable bonds is 13. The first-order chi connectivity index (χ1) is 16.9. The van der Waals surface area contributed by atoms with E-state index in [1.54, 1.807) is 55.4 Å². The summed E-state index contributed by atoms with van der Waals surface area (Å²) in [6.45, 7) is 0.318. The average molecular weight is 519 g/mol. The Morgan fingerprint density at radius 2 is 1.60 bits per heavy atom. The molecule has 3 aromatic rings. The number of nitrogens with one attached hydrogen (secondary N) is 1. The van der Waals surface area contributed by atoms with Crippen molar-refractivity contribution in [1.29, 1.82) is 0 Å². The summed E-state index contributed by atoms with van der Waals surface area (Å²) in [5.74, 6) is 0.921. The zero-order valence-electron chi connectivity index (χ0n) is 19.8. The monoisotopic (exact) mass is 518 g/mol. The Morgan fingerprint density at radius 1 is 0.943 bits per heavy atom. The lowest BCUT2D eigenvalue weighted by molar-refractivity contribution is -0.129. The summed E-state index contributed by atoms with van der Waals surface area (Å²) in [5.41, 5.74) is 4.00. The third kappa shape index (κ3) is 6.97. The first-order valence-corrected chi connectivity index (χ1v) is 13.5. The van der Waals surface area contributed by atoms with Crippen LogP contribution < -0.4 is 19.3 Å². The lowest BCUT2D eigenvalue weighted by Crippen LogP contribution is -2.31. The van der Waals surface area contributed by atoms with Crippen molar-refractivity contribution in [3.8, 4) is 22.6 Å². The maximum atomic E-state index is 13.4. The van der Waals surface area contributed by atoms with Gasteiger partial charge in [-0.05, 0) is 59.7 Å². The number of unbranched alkanes of at least 4 members (excludes halogenated alkanes) is 3. The van der Waals surface area contributed by atoms with Crippen molar-refractivity contribution in [3.05, 3.63) is 60.0 Å². The van der Waals surface area contributed by atoms with Crippen LogP contribution in [0.3, 0.4) is 0 Å². The summed E-state index contributed by atoms with van der Waals surface area (Å²) >= 11 is 1.19. The van der Waals surface area contributed by atoms with E-state index in [1.165, 1.54) is 15.6 Å². The average Bonchev–Trinajstić information content (AvgIpc) is 3.44. The maximum Gasteiger partial charge on any atom is 0.273 e. The zero-order valence-corrected chi connectivity index (χ0v) is 21.4. The number of hydrogen-bond donors (Lipinski definition) is 2. The Labute approximate surface area is 210 Å². The van der Waals surface area contributed by atoms with Gasteiger partial charge in [-0.1, -0.05) is 31.0 Å². The summed E-state index contributed by atoms with van der Waals surface area (Å²) in [6, 6.07) is 16.3. The van der Waals surface area contributed by atoms with Crippen LogP contribution in [0, 0.1) is 0 Å². The van der Waals surface area contributed by atoms with E-state index in [0.717, 1.165) is 24.0 Å². The molecule has 0 atom stereocenters. The minimum atomic E-state index is -3.71. The van der Waals surface area contributed by atoms with Gasteiger partial charge in [0, 0.05) is 19.0 Å². The summed E-state index contributed by atoms with van der Waals surface area (Å²) < 4.78 is 39.2. The van der Waals surface area contributed by atoms with E-state index in [2.05, 4.69) is 0 Å². The van der Waals surface area contributed by atoms with Crippen LogP contribution in [-0.4, -0.2) is 40.3 Å². The molecule has 1 amide bonds. The highest BCUT2D eigenvalue weighted by atomic mass is 32.2. The first kappa shape index (κ1) is 26.5. The van der Waals surface area contributed by atoms with Gasteiger partial charge in [-0.15, -0.1) is 11.3 Å². The van der Waals surface area contributed by atoms with Gasteiger partial charge in [-0.2, -0.15) is 0 Å². The Balaban J connectivity index is 1.79. The van der Waals surface area contributed by atoms with Crippen molar-refractivity contribution in [2.45, 2.75) is 36.3 Å². The summed E-state index contributed by atoms with van der Waals surface area (Å²) in [6.07, 6.45) is 3.03. The molecule has 1 aromatic heterocycles. The van der Waals surface area contributed by atoms with Crippen LogP contribution in [-0.2, 0) is 14.8 Å². The molecule has 10 heteroatoms. The molecule has 3 rings (SSSR count). The summed E-state index contributed by atoms with van der Waals surface area (Å²) in [4.78, 5) is 11.1. The van der Waals surface area contributed by atoms with Crippen LogP contribution >= 0.6 is 11.3 Å². The molecule has 0 aliphatic heterocycles. The van der Waals surface area contributed by atoms with E-state index in [0.29, 0.717) is 40.8 Å². The third-order valence-corrected chi connectivity index (χ3v) is 8.72. The maximum absolute atomic E-state index is 13.4. The van der Waals surface area contributed by atoms with Gasteiger partial charge in [0.15, 0.2) is 0 Å². The standard InChI is InChI=1S/C25H30N2O6S2/c1-32-22-16-20(17-23(18-22)33-2)19-10-12-21(13-11-19)27(35(30,31)25-9-7-15-34-25)14-6-4-3-5-8-24(28)26-29/h7,9-13,15-18,29H,3-6,8,14H2,1-2H3,(H,26,28).